The first-order chi connectivity index (χ1) is 17.0. The Bertz CT molecular complexity index is 1340. The van der Waals surface area contributed by atoms with Crippen molar-refractivity contribution in [3.8, 4) is 0 Å². The Balaban J connectivity index is 1.68. The number of hydrogen-bond donors (Lipinski definition) is 0. The summed E-state index contributed by atoms with van der Waals surface area (Å²) in [4.78, 5) is 13.5. The van der Waals surface area contributed by atoms with Gasteiger partial charge >= 0.3 is 12.1 Å². The SMILES string of the molecule is COC(=O)C1C[C@@H](S(=O)(=O)c2ccccc2C(F)(F)F)CN1c1cc(C)nn1CCc1ccccc1. The lowest BCUT2D eigenvalue weighted by molar-refractivity contribution is -0.142. The standard InChI is InChI=1S/C25H26F3N3O4S/c1-17-14-23(31(29-17)13-12-18-8-4-3-5-9-18)30-16-19(15-21(30)24(32)35-2)36(33,34)22-11-7-6-10-20(22)25(26,27)28/h3-11,14,19,21H,12-13,15-16H2,1-2H3/t19-,21?/m1/s1. The van der Waals surface area contributed by atoms with Crippen LogP contribution >= 0.6 is 0 Å². The summed E-state index contributed by atoms with van der Waals surface area (Å²) in [5.41, 5.74) is 0.518. The van der Waals surface area contributed by atoms with E-state index in [9.17, 15) is 26.4 Å². The smallest absolute Gasteiger partial charge is 0.417 e. The van der Waals surface area contributed by atoms with Crippen LogP contribution in [0.3, 0.4) is 0 Å². The highest BCUT2D eigenvalue weighted by molar-refractivity contribution is 7.92. The summed E-state index contributed by atoms with van der Waals surface area (Å²) in [5.74, 6) is -0.147. The van der Waals surface area contributed by atoms with E-state index < -0.39 is 43.7 Å². The monoisotopic (exact) mass is 521 g/mol. The Morgan fingerprint density at radius 3 is 2.44 bits per heavy atom. The number of carbonyl (C=O) groups is 1. The molecule has 0 amide bonds. The second-order valence-corrected chi connectivity index (χ2v) is 10.9. The summed E-state index contributed by atoms with van der Waals surface area (Å²) < 4.78 is 74.2. The average Bonchev–Trinajstić information content (AvgIpc) is 3.46. The molecule has 0 N–H and O–H groups in total. The van der Waals surface area contributed by atoms with Gasteiger partial charge in [0, 0.05) is 19.2 Å². The van der Waals surface area contributed by atoms with Crippen molar-refractivity contribution in [3.05, 3.63) is 77.5 Å². The maximum absolute atomic E-state index is 13.6. The molecule has 2 aromatic carbocycles. The van der Waals surface area contributed by atoms with E-state index in [1.54, 1.807) is 22.6 Å². The van der Waals surface area contributed by atoms with Crippen molar-refractivity contribution < 1.29 is 31.1 Å². The zero-order valence-electron chi connectivity index (χ0n) is 19.8. The molecule has 3 aromatic rings. The van der Waals surface area contributed by atoms with E-state index in [0.717, 1.165) is 23.8 Å². The van der Waals surface area contributed by atoms with Crippen LogP contribution < -0.4 is 4.90 Å². The fourth-order valence-corrected chi connectivity index (χ4v) is 6.48. The Labute approximate surface area is 207 Å². The average molecular weight is 522 g/mol. The van der Waals surface area contributed by atoms with Crippen LogP contribution in [-0.4, -0.2) is 49.1 Å². The zero-order valence-corrected chi connectivity index (χ0v) is 20.6. The number of methoxy groups -OCH3 is 1. The number of nitrogens with zero attached hydrogens (tertiary/aromatic N) is 3. The summed E-state index contributed by atoms with van der Waals surface area (Å²) in [6.07, 6.45) is -4.40. The summed E-state index contributed by atoms with van der Waals surface area (Å²) in [7, 11) is -3.23. The van der Waals surface area contributed by atoms with E-state index in [1.165, 1.54) is 13.2 Å². The lowest BCUT2D eigenvalue weighted by Crippen LogP contribution is -2.38. The van der Waals surface area contributed by atoms with E-state index in [-0.39, 0.29) is 13.0 Å². The predicted octanol–water partition coefficient (Wildman–Crippen LogP) is 4.05. The van der Waals surface area contributed by atoms with Crippen molar-refractivity contribution in [2.75, 3.05) is 18.6 Å². The highest BCUT2D eigenvalue weighted by atomic mass is 32.2. The number of sulfone groups is 1. The van der Waals surface area contributed by atoms with E-state index >= 15 is 0 Å². The maximum Gasteiger partial charge on any atom is 0.417 e. The lowest BCUT2D eigenvalue weighted by atomic mass is 10.1. The van der Waals surface area contributed by atoms with Crippen LogP contribution in [0.5, 0.6) is 0 Å². The topological polar surface area (TPSA) is 81.5 Å². The molecule has 0 spiro atoms. The van der Waals surface area contributed by atoms with Crippen molar-refractivity contribution in [2.24, 2.45) is 0 Å². The molecule has 2 heterocycles. The third kappa shape index (κ3) is 5.11. The Morgan fingerprint density at radius 1 is 1.11 bits per heavy atom. The van der Waals surface area contributed by atoms with E-state index in [1.807, 2.05) is 30.3 Å². The van der Waals surface area contributed by atoms with Gasteiger partial charge in [0.2, 0.25) is 0 Å². The number of carbonyl (C=O) groups excluding carboxylic acids is 1. The first kappa shape index (κ1) is 25.7. The van der Waals surface area contributed by atoms with Crippen molar-refractivity contribution in [1.82, 2.24) is 9.78 Å². The molecule has 1 fully saturated rings. The van der Waals surface area contributed by atoms with Crippen LogP contribution in [0.1, 0.15) is 23.2 Å². The molecule has 0 bridgehead atoms. The summed E-state index contributed by atoms with van der Waals surface area (Å²) in [6, 6.07) is 14.6. The number of ether oxygens (including phenoxy) is 1. The second kappa shape index (κ2) is 9.96. The second-order valence-electron chi connectivity index (χ2n) is 8.69. The molecule has 1 aliphatic heterocycles. The van der Waals surface area contributed by atoms with Crippen LogP contribution in [0.25, 0.3) is 0 Å². The minimum Gasteiger partial charge on any atom is -0.467 e. The third-order valence-corrected chi connectivity index (χ3v) is 8.49. The lowest BCUT2D eigenvalue weighted by Gasteiger charge is -2.25. The number of aromatic nitrogens is 2. The normalized spacial score (nSPS) is 18.4. The first-order valence-electron chi connectivity index (χ1n) is 11.4. The summed E-state index contributed by atoms with van der Waals surface area (Å²) >= 11 is 0. The van der Waals surface area contributed by atoms with Crippen molar-refractivity contribution >= 4 is 21.6 Å². The van der Waals surface area contributed by atoms with Crippen molar-refractivity contribution in [1.29, 1.82) is 0 Å². The van der Waals surface area contributed by atoms with Crippen molar-refractivity contribution in [3.63, 3.8) is 0 Å². The van der Waals surface area contributed by atoms with Gasteiger partial charge in [0.1, 0.15) is 11.9 Å². The van der Waals surface area contributed by atoms with Gasteiger partial charge in [0.15, 0.2) is 9.84 Å². The Morgan fingerprint density at radius 2 is 1.78 bits per heavy atom. The van der Waals surface area contributed by atoms with Gasteiger partial charge in [-0.15, -0.1) is 0 Å². The van der Waals surface area contributed by atoms with Crippen LogP contribution in [0.4, 0.5) is 19.0 Å². The minimum atomic E-state index is -4.84. The van der Waals surface area contributed by atoms with Gasteiger partial charge in [-0.1, -0.05) is 42.5 Å². The zero-order chi connectivity index (χ0) is 26.1. The first-order valence-corrected chi connectivity index (χ1v) is 12.9. The number of hydrogen-bond acceptors (Lipinski definition) is 6. The number of rotatable bonds is 7. The fraction of sp³-hybridized carbons (Fsp3) is 0.360. The number of halogens is 3. The molecule has 2 atom stereocenters. The van der Waals surface area contributed by atoms with E-state index in [2.05, 4.69) is 5.10 Å². The van der Waals surface area contributed by atoms with E-state index in [4.69, 9.17) is 4.74 Å². The molecule has 1 saturated heterocycles. The molecule has 11 heteroatoms. The van der Waals surface area contributed by atoms with Gasteiger partial charge in [0.25, 0.3) is 0 Å². The highest BCUT2D eigenvalue weighted by Gasteiger charge is 2.47. The van der Waals surface area contributed by atoms with Gasteiger partial charge < -0.3 is 9.64 Å². The van der Waals surface area contributed by atoms with Gasteiger partial charge in [-0.05, 0) is 37.5 Å². The molecule has 1 aromatic heterocycles. The Kier molecular flexibility index (Phi) is 7.12. The molecule has 0 saturated carbocycles. The molecule has 1 unspecified atom stereocenters. The molecule has 4 rings (SSSR count). The van der Waals surface area contributed by atoms with Gasteiger partial charge in [-0.3, -0.25) is 0 Å². The van der Waals surface area contributed by atoms with Crippen LogP contribution in [-0.2, 0) is 38.5 Å². The van der Waals surface area contributed by atoms with Gasteiger partial charge in [-0.2, -0.15) is 18.3 Å². The molecular formula is C25H26F3N3O4S. The number of benzene rings is 2. The fourth-order valence-electron chi connectivity index (χ4n) is 4.57. The molecule has 1 aliphatic rings. The van der Waals surface area contributed by atoms with Crippen LogP contribution in [0, 0.1) is 6.92 Å². The minimum absolute atomic E-state index is 0.176. The molecular weight excluding hydrogens is 495 g/mol. The Hall–Kier alpha value is -3.34. The van der Waals surface area contributed by atoms with Crippen LogP contribution in [0.2, 0.25) is 0 Å². The summed E-state index contributed by atoms with van der Waals surface area (Å²) in [6.45, 7) is 2.07. The third-order valence-electron chi connectivity index (χ3n) is 6.30. The maximum atomic E-state index is 13.6. The van der Waals surface area contributed by atoms with E-state index in [0.29, 0.717) is 24.5 Å². The van der Waals surface area contributed by atoms with Crippen molar-refractivity contribution in [2.45, 2.75) is 48.7 Å². The number of alkyl halides is 3. The summed E-state index contributed by atoms with van der Waals surface area (Å²) in [5, 5.41) is 3.26. The largest absolute Gasteiger partial charge is 0.467 e. The molecule has 36 heavy (non-hydrogen) atoms. The van der Waals surface area contributed by atoms with Gasteiger partial charge in [0.05, 0.1) is 28.5 Å². The highest BCUT2D eigenvalue weighted by Crippen LogP contribution is 2.38. The molecule has 0 aliphatic carbocycles. The number of anilines is 1. The molecule has 7 nitrogen and oxygen atoms in total. The molecule has 0 radical (unpaired) electrons. The number of aryl methyl sites for hydroxylation is 3. The predicted molar refractivity (Wildman–Crippen MR) is 127 cm³/mol. The van der Waals surface area contributed by atoms with Crippen LogP contribution in [0.15, 0.2) is 65.6 Å². The van der Waals surface area contributed by atoms with Gasteiger partial charge in [-0.25, -0.2) is 17.9 Å². The number of esters is 1. The molecule has 192 valence electrons. The quantitative estimate of drug-likeness (QED) is 0.437.